The van der Waals surface area contributed by atoms with Crippen LogP contribution in [0.4, 0.5) is 8.78 Å². The molecule has 0 aliphatic carbocycles. The van der Waals surface area contributed by atoms with Crippen LogP contribution in [-0.4, -0.2) is 11.8 Å². The van der Waals surface area contributed by atoms with Crippen LogP contribution in [0.15, 0.2) is 42.5 Å². The highest BCUT2D eigenvalue weighted by Gasteiger charge is 2.17. The molecule has 0 amide bonds. The number of carbonyl (C=O) groups is 2. The van der Waals surface area contributed by atoms with Gasteiger partial charge in [0.15, 0.2) is 5.78 Å². The molecule has 2 rings (SSSR count). The summed E-state index contributed by atoms with van der Waals surface area (Å²) in [6, 6.07) is 10.4. The van der Waals surface area contributed by atoms with Crippen molar-refractivity contribution in [2.24, 2.45) is 0 Å². The lowest BCUT2D eigenvalue weighted by Gasteiger charge is -2.12. The minimum atomic E-state index is -2.77. The van der Waals surface area contributed by atoms with E-state index in [1.54, 1.807) is 24.3 Å². The van der Waals surface area contributed by atoms with E-state index < -0.39 is 18.2 Å². The molecule has 0 atom stereocenters. The number of carboxylic acids is 1. The summed E-state index contributed by atoms with van der Waals surface area (Å²) >= 11 is 0. The molecule has 0 saturated carbocycles. The fraction of sp³-hybridized carbons (Fsp3) is 0.176. The van der Waals surface area contributed by atoms with Crippen LogP contribution < -0.4 is 5.11 Å². The predicted molar refractivity (Wildman–Crippen MR) is 75.0 cm³/mol. The Kier molecular flexibility index (Phi) is 4.65. The first-order chi connectivity index (χ1) is 10.4. The zero-order valence-corrected chi connectivity index (χ0v) is 11.8. The highest BCUT2D eigenvalue weighted by molar-refractivity contribution is 5.95. The lowest BCUT2D eigenvalue weighted by atomic mass is 9.95. The second-order valence-corrected chi connectivity index (χ2v) is 4.90. The fourth-order valence-corrected chi connectivity index (χ4v) is 2.32. The number of aromatic carboxylic acids is 1. The van der Waals surface area contributed by atoms with Crippen LogP contribution in [0.3, 0.4) is 0 Å². The molecule has 0 heterocycles. The van der Waals surface area contributed by atoms with E-state index in [1.165, 1.54) is 25.1 Å². The SMILES string of the molecule is CC(=O)c1ccc(Cc2ccccc2C(=O)[O-])cc1C(F)F. The van der Waals surface area contributed by atoms with Gasteiger partial charge in [-0.1, -0.05) is 36.4 Å². The van der Waals surface area contributed by atoms with E-state index in [2.05, 4.69) is 0 Å². The smallest absolute Gasteiger partial charge is 0.264 e. The van der Waals surface area contributed by atoms with Crippen molar-refractivity contribution in [3.63, 3.8) is 0 Å². The van der Waals surface area contributed by atoms with E-state index in [4.69, 9.17) is 0 Å². The normalized spacial score (nSPS) is 10.7. The predicted octanol–water partition coefficient (Wildman–Crippen LogP) is 2.78. The van der Waals surface area contributed by atoms with Crippen LogP contribution >= 0.6 is 0 Å². The van der Waals surface area contributed by atoms with Crippen LogP contribution in [0.25, 0.3) is 0 Å². The molecule has 0 radical (unpaired) electrons. The lowest BCUT2D eigenvalue weighted by Crippen LogP contribution is -2.23. The molecule has 0 aromatic heterocycles. The molecule has 0 N–H and O–H groups in total. The molecular weight excluding hydrogens is 290 g/mol. The zero-order valence-electron chi connectivity index (χ0n) is 11.8. The van der Waals surface area contributed by atoms with Gasteiger partial charge in [0.1, 0.15) is 0 Å². The molecule has 0 saturated heterocycles. The number of Topliss-reactive ketones (excluding diaryl/α,β-unsaturated/α-hetero) is 1. The number of hydrogen-bond donors (Lipinski definition) is 0. The van der Waals surface area contributed by atoms with Gasteiger partial charge in [0.2, 0.25) is 0 Å². The summed E-state index contributed by atoms with van der Waals surface area (Å²) in [5.41, 5.74) is 0.645. The summed E-state index contributed by atoms with van der Waals surface area (Å²) < 4.78 is 26.1. The highest BCUT2D eigenvalue weighted by Crippen LogP contribution is 2.26. The molecule has 0 aliphatic heterocycles. The number of alkyl halides is 2. The number of carboxylic acid groups (broad SMARTS) is 1. The second kappa shape index (κ2) is 6.47. The van der Waals surface area contributed by atoms with E-state index in [0.29, 0.717) is 11.1 Å². The van der Waals surface area contributed by atoms with Gasteiger partial charge in [-0.3, -0.25) is 4.79 Å². The number of ketones is 1. The third kappa shape index (κ3) is 3.36. The van der Waals surface area contributed by atoms with Gasteiger partial charge in [-0.05, 0) is 30.5 Å². The Hall–Kier alpha value is -2.56. The van der Waals surface area contributed by atoms with Crippen LogP contribution in [0.5, 0.6) is 0 Å². The van der Waals surface area contributed by atoms with Gasteiger partial charge >= 0.3 is 0 Å². The van der Waals surface area contributed by atoms with Crippen molar-refractivity contribution in [1.82, 2.24) is 0 Å². The molecule has 2 aromatic carbocycles. The molecule has 0 spiro atoms. The quantitative estimate of drug-likeness (QED) is 0.798. The zero-order chi connectivity index (χ0) is 16.3. The van der Waals surface area contributed by atoms with E-state index >= 15 is 0 Å². The number of hydrogen-bond acceptors (Lipinski definition) is 3. The first-order valence-electron chi connectivity index (χ1n) is 6.61. The highest BCUT2D eigenvalue weighted by atomic mass is 19.3. The summed E-state index contributed by atoms with van der Waals surface area (Å²) in [6.07, 6.45) is -2.60. The van der Waals surface area contributed by atoms with E-state index in [1.807, 2.05) is 0 Å². The van der Waals surface area contributed by atoms with Gasteiger partial charge in [-0.2, -0.15) is 0 Å². The Balaban J connectivity index is 2.41. The van der Waals surface area contributed by atoms with Gasteiger partial charge in [0.05, 0.1) is 5.97 Å². The first-order valence-corrected chi connectivity index (χ1v) is 6.61. The molecule has 114 valence electrons. The van der Waals surface area contributed by atoms with Gasteiger partial charge in [-0.25, -0.2) is 8.78 Å². The van der Waals surface area contributed by atoms with Crippen LogP contribution in [0.2, 0.25) is 0 Å². The Morgan fingerprint density at radius 1 is 1.09 bits per heavy atom. The molecule has 0 aliphatic rings. The minimum Gasteiger partial charge on any atom is -0.545 e. The van der Waals surface area contributed by atoms with Gasteiger partial charge in [-0.15, -0.1) is 0 Å². The van der Waals surface area contributed by atoms with Crippen molar-refractivity contribution in [3.05, 3.63) is 70.3 Å². The number of rotatable bonds is 5. The average molecular weight is 303 g/mol. The number of halogens is 2. The van der Waals surface area contributed by atoms with Crippen molar-refractivity contribution in [1.29, 1.82) is 0 Å². The first kappa shape index (κ1) is 15.8. The van der Waals surface area contributed by atoms with E-state index in [0.717, 1.165) is 0 Å². The van der Waals surface area contributed by atoms with Crippen LogP contribution in [-0.2, 0) is 6.42 Å². The summed E-state index contributed by atoms with van der Waals surface area (Å²) in [4.78, 5) is 22.4. The molecule has 0 unspecified atom stereocenters. The fourth-order valence-electron chi connectivity index (χ4n) is 2.32. The molecule has 5 heteroatoms. The molecular formula is C17H13F2O3-. The third-order valence-electron chi connectivity index (χ3n) is 3.36. The summed E-state index contributed by atoms with van der Waals surface area (Å²) in [5, 5.41) is 11.1. The number of benzene rings is 2. The van der Waals surface area contributed by atoms with Gasteiger partial charge in [0.25, 0.3) is 6.43 Å². The summed E-state index contributed by atoms with van der Waals surface area (Å²) in [7, 11) is 0. The minimum absolute atomic E-state index is 0.0214. The van der Waals surface area contributed by atoms with Crippen LogP contribution in [0, 0.1) is 0 Å². The summed E-state index contributed by atoms with van der Waals surface area (Å²) in [5.74, 6) is -1.75. The van der Waals surface area contributed by atoms with Crippen molar-refractivity contribution in [2.45, 2.75) is 19.8 Å². The second-order valence-electron chi connectivity index (χ2n) is 4.90. The van der Waals surface area contributed by atoms with Crippen LogP contribution in [0.1, 0.15) is 50.8 Å². The molecule has 0 bridgehead atoms. The molecule has 22 heavy (non-hydrogen) atoms. The topological polar surface area (TPSA) is 57.2 Å². The third-order valence-corrected chi connectivity index (χ3v) is 3.36. The monoisotopic (exact) mass is 303 g/mol. The molecule has 3 nitrogen and oxygen atoms in total. The maximum Gasteiger partial charge on any atom is 0.264 e. The molecule has 2 aromatic rings. The van der Waals surface area contributed by atoms with E-state index in [-0.39, 0.29) is 23.1 Å². The number of carbonyl (C=O) groups excluding carboxylic acids is 2. The van der Waals surface area contributed by atoms with Gasteiger partial charge < -0.3 is 9.90 Å². The average Bonchev–Trinajstić information content (AvgIpc) is 2.47. The standard InChI is InChI=1S/C17H14F2O3/c1-10(20)13-7-6-11(9-15(13)16(18)19)8-12-4-2-3-5-14(12)17(21)22/h2-7,9,16H,8H2,1H3,(H,21,22)/p-1. The maximum atomic E-state index is 13.1. The van der Waals surface area contributed by atoms with Crippen molar-refractivity contribution < 1.29 is 23.5 Å². The Morgan fingerprint density at radius 3 is 2.36 bits per heavy atom. The summed E-state index contributed by atoms with van der Waals surface area (Å²) in [6.45, 7) is 1.23. The van der Waals surface area contributed by atoms with E-state index in [9.17, 15) is 23.5 Å². The Morgan fingerprint density at radius 2 is 1.77 bits per heavy atom. The largest absolute Gasteiger partial charge is 0.545 e. The Labute approximate surface area is 126 Å². The Bertz CT molecular complexity index is 724. The van der Waals surface area contributed by atoms with Gasteiger partial charge in [0, 0.05) is 16.7 Å². The maximum absolute atomic E-state index is 13.1. The van der Waals surface area contributed by atoms with Crippen molar-refractivity contribution in [3.8, 4) is 0 Å². The lowest BCUT2D eigenvalue weighted by molar-refractivity contribution is -0.255. The van der Waals surface area contributed by atoms with Crippen molar-refractivity contribution in [2.75, 3.05) is 0 Å². The van der Waals surface area contributed by atoms with Crippen molar-refractivity contribution >= 4 is 11.8 Å². The molecule has 0 fully saturated rings.